The minimum atomic E-state index is -1.14. The summed E-state index contributed by atoms with van der Waals surface area (Å²) >= 11 is 0. The smallest absolute Gasteiger partial charge is 0.237 e. The number of aliphatic hydroxyl groups excluding tert-OH is 1. The third kappa shape index (κ3) is 4.61. The predicted octanol–water partition coefficient (Wildman–Crippen LogP) is 4.65. The van der Waals surface area contributed by atoms with Gasteiger partial charge in [-0.25, -0.2) is 0 Å². The minimum Gasteiger partial charge on any atom is -0.388 e. The van der Waals surface area contributed by atoms with E-state index in [1.807, 2.05) is 0 Å². The molecular weight excluding hydrogens is 568 g/mol. The van der Waals surface area contributed by atoms with E-state index in [4.69, 9.17) is 14.2 Å². The van der Waals surface area contributed by atoms with Crippen LogP contribution in [0.1, 0.15) is 112 Å². The molecule has 13 atom stereocenters. The number of carbonyl (C=O) groups is 1. The molecule has 1 amide bonds. The Morgan fingerprint density at radius 3 is 2.58 bits per heavy atom. The second-order valence-electron chi connectivity index (χ2n) is 18.3. The molecule has 0 radical (unpaired) electrons. The maximum atomic E-state index is 12.6. The highest BCUT2D eigenvalue weighted by atomic mass is 16.7. The van der Waals surface area contributed by atoms with E-state index in [-0.39, 0.29) is 42.0 Å². The number of hydrogen-bond acceptors (Lipinski definition) is 7. The van der Waals surface area contributed by atoms with Gasteiger partial charge in [-0.3, -0.25) is 9.69 Å². The lowest BCUT2D eigenvalue weighted by atomic mass is 9.46. The first kappa shape index (κ1) is 31.5. The molecule has 0 aromatic carbocycles. The molecule has 8 nitrogen and oxygen atoms in total. The van der Waals surface area contributed by atoms with Gasteiger partial charge in [0.15, 0.2) is 6.29 Å². The standard InChI is InChI=1S/C37H60N2O6/c1-33(2)28-11-9-22-24-19-27-23(8-10-26(44-27)31(40)34(3,4)42)35(24,5)14-15-36(22)21-37(28,36)13-12-29(33)45-30-20-39(17-18-43-30)25-7-6-16-38-32(25)41/h22-31,40,42H,6-21H2,1-5H3,(H,38,41)/t22?,23-,24?,25+,26?,27?,28?,29-,30?,31-,35?,36?,37?/m0/s1. The molecule has 254 valence electrons. The molecule has 3 saturated heterocycles. The van der Waals surface area contributed by atoms with Gasteiger partial charge >= 0.3 is 0 Å². The Hall–Kier alpha value is -0.770. The summed E-state index contributed by atoms with van der Waals surface area (Å²) in [6, 6.07) is -0.0442. The van der Waals surface area contributed by atoms with Crippen LogP contribution in [0.5, 0.6) is 0 Å². The van der Waals surface area contributed by atoms with Crippen LogP contribution in [0.2, 0.25) is 0 Å². The van der Waals surface area contributed by atoms with E-state index in [0.29, 0.717) is 47.2 Å². The molecule has 3 heterocycles. The molecule has 8 aliphatic rings. The normalized spacial score (nSPS) is 51.5. The number of amides is 1. The quantitative estimate of drug-likeness (QED) is 0.408. The highest BCUT2D eigenvalue weighted by Gasteiger charge is 2.80. The molecule has 45 heavy (non-hydrogen) atoms. The fourth-order valence-electron chi connectivity index (χ4n) is 13.5. The van der Waals surface area contributed by atoms with Crippen molar-refractivity contribution in [2.75, 3.05) is 26.2 Å². The zero-order chi connectivity index (χ0) is 31.6. The Labute approximate surface area is 270 Å². The van der Waals surface area contributed by atoms with Crippen LogP contribution in [0, 0.1) is 45.3 Å². The van der Waals surface area contributed by atoms with Crippen LogP contribution in [0.4, 0.5) is 0 Å². The number of nitrogens with one attached hydrogen (secondary N) is 1. The molecular formula is C37H60N2O6. The van der Waals surface area contributed by atoms with E-state index in [2.05, 4.69) is 31.0 Å². The summed E-state index contributed by atoms with van der Waals surface area (Å²) in [7, 11) is 0. The maximum Gasteiger partial charge on any atom is 0.237 e. The lowest BCUT2D eigenvalue weighted by Crippen LogP contribution is -2.58. The first-order valence-corrected chi connectivity index (χ1v) is 18.6. The van der Waals surface area contributed by atoms with E-state index < -0.39 is 11.7 Å². The highest BCUT2D eigenvalue weighted by molar-refractivity contribution is 5.82. The molecule has 2 spiro atoms. The van der Waals surface area contributed by atoms with E-state index in [1.54, 1.807) is 13.8 Å². The van der Waals surface area contributed by atoms with Crippen molar-refractivity contribution in [1.82, 2.24) is 10.2 Å². The molecule has 5 aliphatic carbocycles. The van der Waals surface area contributed by atoms with Gasteiger partial charge in [0.05, 0.1) is 43.1 Å². The SMILES string of the molecule is CC(C)(O)[C@@H](O)C1CC[C@H]2C(CC3C4CCC5C(C)(C)[C@@H](OC6CN([C@@H]7CCCNC7=O)CCO6)CCC56CC46CCC32C)O1. The van der Waals surface area contributed by atoms with Crippen molar-refractivity contribution in [3.05, 3.63) is 0 Å². The van der Waals surface area contributed by atoms with Gasteiger partial charge in [-0.1, -0.05) is 20.8 Å². The zero-order valence-electron chi connectivity index (χ0n) is 28.6. The van der Waals surface area contributed by atoms with Crippen LogP contribution in [-0.4, -0.2) is 89.6 Å². The second-order valence-corrected chi connectivity index (χ2v) is 18.3. The van der Waals surface area contributed by atoms with E-state index in [1.165, 1.54) is 38.5 Å². The van der Waals surface area contributed by atoms with E-state index >= 15 is 0 Å². The Balaban J connectivity index is 0.955. The lowest BCUT2D eigenvalue weighted by molar-refractivity contribution is -0.247. The summed E-state index contributed by atoms with van der Waals surface area (Å²) in [5.41, 5.74) is 0.216. The third-order valence-electron chi connectivity index (χ3n) is 15.7. The van der Waals surface area contributed by atoms with Gasteiger partial charge in [-0.05, 0) is 136 Å². The number of aliphatic hydroxyl groups is 2. The molecule has 3 aliphatic heterocycles. The van der Waals surface area contributed by atoms with E-state index in [0.717, 1.165) is 57.5 Å². The summed E-state index contributed by atoms with van der Waals surface area (Å²) in [5, 5.41) is 24.4. The monoisotopic (exact) mass is 628 g/mol. The van der Waals surface area contributed by atoms with Gasteiger partial charge in [-0.2, -0.15) is 0 Å². The van der Waals surface area contributed by atoms with Crippen molar-refractivity contribution in [1.29, 1.82) is 0 Å². The molecule has 5 saturated carbocycles. The van der Waals surface area contributed by atoms with E-state index in [9.17, 15) is 15.0 Å². The number of ether oxygens (including phenoxy) is 3. The third-order valence-corrected chi connectivity index (χ3v) is 15.7. The molecule has 0 aromatic rings. The zero-order valence-corrected chi connectivity index (χ0v) is 28.6. The number of fused-ring (bicyclic) bond motifs is 4. The largest absolute Gasteiger partial charge is 0.388 e. The Morgan fingerprint density at radius 2 is 1.80 bits per heavy atom. The average Bonchev–Trinajstić information content (AvgIpc) is 3.58. The van der Waals surface area contributed by atoms with Crippen LogP contribution in [0.3, 0.4) is 0 Å². The van der Waals surface area contributed by atoms with Crippen LogP contribution in [-0.2, 0) is 19.0 Å². The van der Waals surface area contributed by atoms with Crippen molar-refractivity contribution in [3.8, 4) is 0 Å². The van der Waals surface area contributed by atoms with Gasteiger partial charge in [0.1, 0.15) is 6.10 Å². The van der Waals surface area contributed by atoms with Gasteiger partial charge in [0, 0.05) is 13.1 Å². The van der Waals surface area contributed by atoms with Gasteiger partial charge in [0.25, 0.3) is 0 Å². The highest BCUT2D eigenvalue weighted by Crippen LogP contribution is 2.87. The van der Waals surface area contributed by atoms with Crippen LogP contribution >= 0.6 is 0 Å². The number of carbonyl (C=O) groups excluding carboxylic acids is 1. The second kappa shape index (κ2) is 10.6. The van der Waals surface area contributed by atoms with Crippen LogP contribution in [0.25, 0.3) is 0 Å². The Bertz CT molecular complexity index is 1170. The first-order chi connectivity index (χ1) is 21.3. The number of rotatable bonds is 5. The Morgan fingerprint density at radius 1 is 1.00 bits per heavy atom. The minimum absolute atomic E-state index is 0.0442. The Kier molecular flexibility index (Phi) is 7.43. The fourth-order valence-corrected chi connectivity index (χ4v) is 13.5. The summed E-state index contributed by atoms with van der Waals surface area (Å²) in [6.07, 6.45) is 13.2. The average molecular weight is 629 g/mol. The summed E-state index contributed by atoms with van der Waals surface area (Å²) in [4.78, 5) is 14.9. The van der Waals surface area contributed by atoms with Gasteiger partial charge in [-0.15, -0.1) is 0 Å². The number of morpholine rings is 1. The molecule has 3 N–H and O–H groups in total. The van der Waals surface area contributed by atoms with Crippen molar-refractivity contribution in [2.24, 2.45) is 45.3 Å². The lowest BCUT2D eigenvalue weighted by Gasteiger charge is -2.60. The molecule has 0 aromatic heterocycles. The summed E-state index contributed by atoms with van der Waals surface area (Å²) < 4.78 is 19.8. The molecule has 8 heteroatoms. The maximum absolute atomic E-state index is 12.6. The molecule has 8 rings (SSSR count). The molecule has 0 bridgehead atoms. The van der Waals surface area contributed by atoms with Gasteiger partial charge in [0.2, 0.25) is 5.91 Å². The number of nitrogens with zero attached hydrogens (tertiary/aromatic N) is 1. The topological polar surface area (TPSA) is 100 Å². The summed E-state index contributed by atoms with van der Waals surface area (Å²) in [6.45, 7) is 13.9. The number of hydrogen-bond donors (Lipinski definition) is 3. The number of piperidine rings is 1. The van der Waals surface area contributed by atoms with Crippen LogP contribution < -0.4 is 5.32 Å². The van der Waals surface area contributed by atoms with Crippen molar-refractivity contribution in [3.63, 3.8) is 0 Å². The van der Waals surface area contributed by atoms with Crippen molar-refractivity contribution in [2.45, 2.75) is 154 Å². The van der Waals surface area contributed by atoms with Crippen molar-refractivity contribution >= 4 is 5.91 Å². The first-order valence-electron chi connectivity index (χ1n) is 18.6. The van der Waals surface area contributed by atoms with Crippen molar-refractivity contribution < 1.29 is 29.2 Å². The fraction of sp³-hybridized carbons (Fsp3) is 0.973. The van der Waals surface area contributed by atoms with Gasteiger partial charge < -0.3 is 29.7 Å². The predicted molar refractivity (Wildman–Crippen MR) is 170 cm³/mol. The van der Waals surface area contributed by atoms with Crippen LogP contribution in [0.15, 0.2) is 0 Å². The molecule has 8 fully saturated rings. The molecule has 9 unspecified atom stereocenters. The summed E-state index contributed by atoms with van der Waals surface area (Å²) in [5.74, 6) is 2.91.